The zero-order chi connectivity index (χ0) is 15.5. The number of nitrogens with one attached hydrogen (secondary N) is 1. The first-order valence-electron chi connectivity index (χ1n) is 7.81. The quantitative estimate of drug-likeness (QED) is 0.658. The average molecular weight is 307 g/mol. The van der Waals surface area contributed by atoms with Gasteiger partial charge in [-0.25, -0.2) is 0 Å². The first-order chi connectivity index (χ1) is 10.6. The third kappa shape index (κ3) is 3.51. The van der Waals surface area contributed by atoms with Crippen molar-refractivity contribution in [3.05, 3.63) is 23.8 Å². The molecule has 0 unspecified atom stereocenters. The van der Waals surface area contributed by atoms with Crippen molar-refractivity contribution in [1.82, 2.24) is 0 Å². The molecule has 6 nitrogen and oxygen atoms in total. The summed E-state index contributed by atoms with van der Waals surface area (Å²) in [6, 6.07) is 5.78. The number of likely N-dealkylation sites (tertiary alicyclic amines) is 1. The number of benzene rings is 1. The Bertz CT molecular complexity index is 541. The standard InChI is InChI=1S/C16H22N2O4/c17-16(20)12-3-5-18(6-4-12)9-13(19)7-11-1-2-14-15(8-11)22-10-21-14/h1-2,8,12-13,19H,3-7,9-10H2,(H2,17,20)/p+1/t13-/m0/s1. The van der Waals surface area contributed by atoms with Gasteiger partial charge in [-0.1, -0.05) is 6.07 Å². The average Bonchev–Trinajstić information content (AvgIpc) is 2.95. The number of primary amides is 1. The number of fused-ring (bicyclic) bond motifs is 1. The number of carbonyl (C=O) groups is 1. The van der Waals surface area contributed by atoms with Gasteiger partial charge in [0.05, 0.1) is 13.1 Å². The number of nitrogens with two attached hydrogens (primary N) is 1. The molecule has 120 valence electrons. The fourth-order valence-corrected chi connectivity index (χ4v) is 3.26. The normalized spacial score (nSPS) is 25.0. The molecule has 0 spiro atoms. The molecule has 1 fully saturated rings. The molecule has 2 heterocycles. The largest absolute Gasteiger partial charge is 0.454 e. The van der Waals surface area contributed by atoms with Gasteiger partial charge in [-0.2, -0.15) is 0 Å². The van der Waals surface area contributed by atoms with Crippen LogP contribution in [0, 0.1) is 5.92 Å². The molecule has 0 aromatic heterocycles. The molecule has 1 aromatic carbocycles. The Kier molecular flexibility index (Phi) is 4.49. The van der Waals surface area contributed by atoms with Gasteiger partial charge in [0.15, 0.2) is 11.5 Å². The van der Waals surface area contributed by atoms with Crippen LogP contribution in [0.3, 0.4) is 0 Å². The van der Waals surface area contributed by atoms with Gasteiger partial charge in [-0.15, -0.1) is 0 Å². The minimum absolute atomic E-state index is 0.00903. The highest BCUT2D eigenvalue weighted by molar-refractivity contribution is 5.76. The molecular formula is C16H23N2O4+. The molecule has 2 aliphatic rings. The van der Waals surface area contributed by atoms with Crippen LogP contribution in [-0.2, 0) is 11.2 Å². The van der Waals surface area contributed by atoms with Crippen LogP contribution in [0.1, 0.15) is 18.4 Å². The maximum absolute atomic E-state index is 11.2. The molecule has 0 saturated carbocycles. The zero-order valence-corrected chi connectivity index (χ0v) is 12.6. The number of amides is 1. The number of rotatable bonds is 5. The Morgan fingerprint density at radius 2 is 2.05 bits per heavy atom. The van der Waals surface area contributed by atoms with E-state index in [-0.39, 0.29) is 18.6 Å². The van der Waals surface area contributed by atoms with Gasteiger partial charge < -0.3 is 25.2 Å². The summed E-state index contributed by atoms with van der Waals surface area (Å²) in [5.41, 5.74) is 6.39. The van der Waals surface area contributed by atoms with E-state index >= 15 is 0 Å². The van der Waals surface area contributed by atoms with E-state index in [9.17, 15) is 9.90 Å². The maximum atomic E-state index is 11.2. The summed E-state index contributed by atoms with van der Waals surface area (Å²) in [5, 5.41) is 10.3. The SMILES string of the molecule is NC(=O)C1CC[NH+](C[C@@H](O)Cc2ccc3c(c2)OCO3)CC1. The number of quaternary nitrogens is 1. The summed E-state index contributed by atoms with van der Waals surface area (Å²) >= 11 is 0. The zero-order valence-electron chi connectivity index (χ0n) is 12.6. The number of hydrogen-bond acceptors (Lipinski definition) is 4. The van der Waals surface area contributed by atoms with Gasteiger partial charge in [0.1, 0.15) is 12.6 Å². The predicted octanol–water partition coefficient (Wildman–Crippen LogP) is -0.901. The lowest BCUT2D eigenvalue weighted by molar-refractivity contribution is -0.908. The smallest absolute Gasteiger partial charge is 0.231 e. The van der Waals surface area contributed by atoms with Crippen LogP contribution in [-0.4, -0.2) is 43.5 Å². The molecule has 4 N–H and O–H groups in total. The highest BCUT2D eigenvalue weighted by atomic mass is 16.7. The van der Waals surface area contributed by atoms with E-state index in [0.717, 1.165) is 43.0 Å². The Morgan fingerprint density at radius 3 is 2.77 bits per heavy atom. The van der Waals surface area contributed by atoms with E-state index in [0.29, 0.717) is 13.0 Å². The van der Waals surface area contributed by atoms with Crippen LogP contribution in [0.2, 0.25) is 0 Å². The minimum atomic E-state index is -0.402. The number of piperidine rings is 1. The molecule has 3 rings (SSSR count). The topological polar surface area (TPSA) is 86.2 Å². The number of aliphatic hydroxyl groups is 1. The van der Waals surface area contributed by atoms with E-state index in [1.807, 2.05) is 18.2 Å². The third-order valence-electron chi connectivity index (χ3n) is 4.53. The second kappa shape index (κ2) is 6.54. The van der Waals surface area contributed by atoms with Crippen molar-refractivity contribution in [3.63, 3.8) is 0 Å². The third-order valence-corrected chi connectivity index (χ3v) is 4.53. The van der Waals surface area contributed by atoms with Crippen LogP contribution < -0.4 is 20.1 Å². The number of aliphatic hydroxyl groups excluding tert-OH is 1. The lowest BCUT2D eigenvalue weighted by Gasteiger charge is -2.29. The molecule has 1 aromatic rings. The van der Waals surface area contributed by atoms with E-state index in [1.54, 1.807) is 0 Å². The van der Waals surface area contributed by atoms with Gasteiger partial charge in [-0.3, -0.25) is 4.79 Å². The predicted molar refractivity (Wildman–Crippen MR) is 79.8 cm³/mol. The van der Waals surface area contributed by atoms with Crippen LogP contribution in [0.5, 0.6) is 11.5 Å². The Hall–Kier alpha value is -1.79. The van der Waals surface area contributed by atoms with E-state index in [2.05, 4.69) is 0 Å². The molecule has 2 aliphatic heterocycles. The highest BCUT2D eigenvalue weighted by Gasteiger charge is 2.27. The summed E-state index contributed by atoms with van der Waals surface area (Å²) in [6.07, 6.45) is 1.84. The van der Waals surface area contributed by atoms with Gasteiger partial charge in [0, 0.05) is 25.2 Å². The van der Waals surface area contributed by atoms with Crippen LogP contribution in [0.4, 0.5) is 0 Å². The number of ether oxygens (including phenoxy) is 2. The Labute approximate surface area is 129 Å². The Morgan fingerprint density at radius 1 is 1.32 bits per heavy atom. The van der Waals surface area contributed by atoms with Crippen molar-refractivity contribution in [2.24, 2.45) is 11.7 Å². The van der Waals surface area contributed by atoms with Crippen molar-refractivity contribution in [2.45, 2.75) is 25.4 Å². The molecule has 6 heteroatoms. The van der Waals surface area contributed by atoms with Crippen molar-refractivity contribution in [2.75, 3.05) is 26.4 Å². The van der Waals surface area contributed by atoms with Crippen LogP contribution >= 0.6 is 0 Å². The summed E-state index contributed by atoms with van der Waals surface area (Å²) < 4.78 is 10.6. The summed E-state index contributed by atoms with van der Waals surface area (Å²) in [5.74, 6) is 1.33. The monoisotopic (exact) mass is 307 g/mol. The molecule has 0 aliphatic carbocycles. The lowest BCUT2D eigenvalue weighted by Crippen LogP contribution is -3.14. The number of hydrogen-bond donors (Lipinski definition) is 3. The van der Waals surface area contributed by atoms with Gasteiger partial charge in [-0.05, 0) is 17.7 Å². The highest BCUT2D eigenvalue weighted by Crippen LogP contribution is 2.32. The first-order valence-corrected chi connectivity index (χ1v) is 7.81. The molecule has 1 atom stereocenters. The second-order valence-corrected chi connectivity index (χ2v) is 6.18. The van der Waals surface area contributed by atoms with E-state index < -0.39 is 6.10 Å². The van der Waals surface area contributed by atoms with E-state index in [4.69, 9.17) is 15.2 Å². The van der Waals surface area contributed by atoms with E-state index in [1.165, 1.54) is 4.90 Å². The molecule has 1 saturated heterocycles. The minimum Gasteiger partial charge on any atom is -0.454 e. The van der Waals surface area contributed by atoms with Gasteiger partial charge >= 0.3 is 0 Å². The Balaban J connectivity index is 1.48. The van der Waals surface area contributed by atoms with Gasteiger partial charge in [0.25, 0.3) is 0 Å². The second-order valence-electron chi connectivity index (χ2n) is 6.18. The number of carbonyl (C=O) groups excluding carboxylic acids is 1. The van der Waals surface area contributed by atoms with Crippen LogP contribution in [0.25, 0.3) is 0 Å². The fraction of sp³-hybridized carbons (Fsp3) is 0.562. The summed E-state index contributed by atoms with van der Waals surface area (Å²) in [4.78, 5) is 12.5. The van der Waals surface area contributed by atoms with Crippen molar-refractivity contribution in [3.8, 4) is 11.5 Å². The molecular weight excluding hydrogens is 284 g/mol. The van der Waals surface area contributed by atoms with Crippen molar-refractivity contribution in [1.29, 1.82) is 0 Å². The van der Waals surface area contributed by atoms with Gasteiger partial charge in [0.2, 0.25) is 12.7 Å². The molecule has 0 radical (unpaired) electrons. The summed E-state index contributed by atoms with van der Waals surface area (Å²) in [6.45, 7) is 2.75. The maximum Gasteiger partial charge on any atom is 0.231 e. The summed E-state index contributed by atoms with van der Waals surface area (Å²) in [7, 11) is 0. The van der Waals surface area contributed by atoms with Crippen molar-refractivity contribution < 1.29 is 24.3 Å². The fourth-order valence-electron chi connectivity index (χ4n) is 3.26. The molecule has 0 bridgehead atoms. The molecule has 22 heavy (non-hydrogen) atoms. The lowest BCUT2D eigenvalue weighted by atomic mass is 9.96. The molecule has 1 amide bonds. The van der Waals surface area contributed by atoms with Crippen LogP contribution in [0.15, 0.2) is 18.2 Å². The first kappa shape index (κ1) is 15.1. The van der Waals surface area contributed by atoms with Crippen molar-refractivity contribution >= 4 is 5.91 Å².